The minimum absolute atomic E-state index is 0.00335. The number of nitrogens with two attached hydrogens (primary N) is 1. The van der Waals surface area contributed by atoms with Gasteiger partial charge in [0.2, 0.25) is 10.0 Å². The van der Waals surface area contributed by atoms with E-state index in [0.717, 1.165) is 29.7 Å². The minimum Gasteiger partial charge on any atom is -0.451 e. The van der Waals surface area contributed by atoms with Gasteiger partial charge in [0.05, 0.1) is 4.90 Å². The van der Waals surface area contributed by atoms with Crippen molar-refractivity contribution < 1.29 is 32.3 Å². The summed E-state index contributed by atoms with van der Waals surface area (Å²) in [5.41, 5.74) is -0.102. The van der Waals surface area contributed by atoms with Gasteiger partial charge >= 0.3 is 12.0 Å². The SMILES string of the molecule is CC(OC(=O)CN1C(=O)N(C)C2(CCCCC2)C1=O)C(=O)NCCc1ccc(S(N)(=O)=O)cc1. The van der Waals surface area contributed by atoms with Crippen LogP contribution in [0.5, 0.6) is 0 Å². The lowest BCUT2D eigenvalue weighted by molar-refractivity contribution is -0.156. The van der Waals surface area contributed by atoms with Crippen molar-refractivity contribution in [3.05, 3.63) is 29.8 Å². The first kappa shape index (κ1) is 25.6. The second-order valence-corrected chi connectivity index (χ2v) is 10.2. The number of urea groups is 1. The normalized spacial score (nSPS) is 18.8. The Hall–Kier alpha value is -2.99. The van der Waals surface area contributed by atoms with Gasteiger partial charge < -0.3 is 15.0 Å². The van der Waals surface area contributed by atoms with Crippen molar-refractivity contribution in [1.29, 1.82) is 0 Å². The van der Waals surface area contributed by atoms with Crippen molar-refractivity contribution in [2.24, 2.45) is 5.14 Å². The topological polar surface area (TPSA) is 156 Å². The summed E-state index contributed by atoms with van der Waals surface area (Å²) in [7, 11) is -2.19. The second kappa shape index (κ2) is 10.1. The van der Waals surface area contributed by atoms with Crippen molar-refractivity contribution in [2.75, 3.05) is 20.1 Å². The molecule has 1 saturated carbocycles. The summed E-state index contributed by atoms with van der Waals surface area (Å²) >= 11 is 0. The lowest BCUT2D eigenvalue weighted by atomic mass is 9.81. The maximum absolute atomic E-state index is 12.9. The zero-order valence-electron chi connectivity index (χ0n) is 19.3. The van der Waals surface area contributed by atoms with Gasteiger partial charge in [0.15, 0.2) is 6.10 Å². The largest absolute Gasteiger partial charge is 0.451 e. The van der Waals surface area contributed by atoms with Gasteiger partial charge in [-0.25, -0.2) is 18.4 Å². The number of hydrogen-bond acceptors (Lipinski definition) is 7. The Morgan fingerprint density at radius 3 is 2.35 bits per heavy atom. The molecule has 0 bridgehead atoms. The highest BCUT2D eigenvalue weighted by Gasteiger charge is 2.56. The van der Waals surface area contributed by atoms with Crippen LogP contribution in [0.3, 0.4) is 0 Å². The molecule has 3 rings (SSSR count). The van der Waals surface area contributed by atoms with Crippen LogP contribution in [0.25, 0.3) is 0 Å². The fourth-order valence-electron chi connectivity index (χ4n) is 4.41. The number of rotatable bonds is 8. The average molecular weight is 495 g/mol. The molecule has 1 aromatic carbocycles. The zero-order valence-corrected chi connectivity index (χ0v) is 20.1. The predicted octanol–water partition coefficient (Wildman–Crippen LogP) is 0.521. The lowest BCUT2D eigenvalue weighted by Gasteiger charge is -2.35. The Kier molecular flexibility index (Phi) is 7.61. The molecule has 2 aliphatic rings. The third kappa shape index (κ3) is 5.39. The van der Waals surface area contributed by atoms with Gasteiger partial charge in [0.25, 0.3) is 11.8 Å². The molecule has 1 atom stereocenters. The Labute approximate surface area is 198 Å². The Morgan fingerprint density at radius 2 is 1.76 bits per heavy atom. The molecule has 1 spiro atoms. The van der Waals surface area contributed by atoms with Crippen LogP contribution in [0.4, 0.5) is 4.79 Å². The lowest BCUT2D eigenvalue weighted by Crippen LogP contribution is -2.49. The van der Waals surface area contributed by atoms with Gasteiger partial charge in [-0.3, -0.25) is 19.3 Å². The van der Waals surface area contributed by atoms with E-state index in [2.05, 4.69) is 5.32 Å². The van der Waals surface area contributed by atoms with E-state index < -0.39 is 46.1 Å². The molecule has 4 amide bonds. The van der Waals surface area contributed by atoms with E-state index in [-0.39, 0.29) is 17.3 Å². The highest BCUT2D eigenvalue weighted by atomic mass is 32.2. The van der Waals surface area contributed by atoms with E-state index in [9.17, 15) is 27.6 Å². The van der Waals surface area contributed by atoms with E-state index in [4.69, 9.17) is 9.88 Å². The summed E-state index contributed by atoms with van der Waals surface area (Å²) in [6, 6.07) is 5.42. The molecular weight excluding hydrogens is 464 g/mol. The third-order valence-corrected chi connectivity index (χ3v) is 7.34. The molecule has 0 radical (unpaired) electrons. The molecule has 34 heavy (non-hydrogen) atoms. The first-order valence-electron chi connectivity index (χ1n) is 11.1. The summed E-state index contributed by atoms with van der Waals surface area (Å²) in [6.07, 6.45) is 3.14. The van der Waals surface area contributed by atoms with Gasteiger partial charge in [-0.15, -0.1) is 0 Å². The van der Waals surface area contributed by atoms with Crippen LogP contribution in [0.1, 0.15) is 44.6 Å². The number of imide groups is 1. The number of hydrogen-bond donors (Lipinski definition) is 2. The molecule has 1 aliphatic heterocycles. The predicted molar refractivity (Wildman–Crippen MR) is 121 cm³/mol. The molecule has 3 N–H and O–H groups in total. The molecule has 186 valence electrons. The van der Waals surface area contributed by atoms with E-state index in [1.54, 1.807) is 19.2 Å². The van der Waals surface area contributed by atoms with Crippen LogP contribution in [-0.4, -0.2) is 73.8 Å². The summed E-state index contributed by atoms with van der Waals surface area (Å²) in [4.78, 5) is 52.5. The second-order valence-electron chi connectivity index (χ2n) is 8.69. The number of benzene rings is 1. The van der Waals surface area contributed by atoms with E-state index in [1.807, 2.05) is 0 Å². The summed E-state index contributed by atoms with van der Waals surface area (Å²) in [6.45, 7) is 1.08. The first-order valence-corrected chi connectivity index (χ1v) is 12.7. The molecule has 0 aromatic heterocycles. The number of esters is 1. The smallest absolute Gasteiger partial charge is 0.327 e. The van der Waals surface area contributed by atoms with Crippen LogP contribution >= 0.6 is 0 Å². The number of primary sulfonamides is 1. The van der Waals surface area contributed by atoms with Crippen molar-refractivity contribution in [2.45, 2.75) is 62.0 Å². The van der Waals surface area contributed by atoms with Crippen LogP contribution in [0, 0.1) is 0 Å². The number of ether oxygens (including phenoxy) is 1. The maximum Gasteiger partial charge on any atom is 0.327 e. The van der Waals surface area contributed by atoms with Gasteiger partial charge in [-0.1, -0.05) is 31.4 Å². The van der Waals surface area contributed by atoms with Crippen LogP contribution in [0.15, 0.2) is 29.2 Å². The van der Waals surface area contributed by atoms with Crippen LogP contribution in [0.2, 0.25) is 0 Å². The molecular formula is C22H30N4O7S. The molecule has 12 heteroatoms. The molecule has 2 fully saturated rings. The number of amides is 4. The number of likely N-dealkylation sites (N-methyl/N-ethyl adjacent to an activating group) is 1. The number of carbonyl (C=O) groups excluding carboxylic acids is 4. The first-order chi connectivity index (χ1) is 16.0. The number of nitrogens with one attached hydrogen (secondary N) is 1. The highest BCUT2D eigenvalue weighted by Crippen LogP contribution is 2.39. The Morgan fingerprint density at radius 1 is 1.15 bits per heavy atom. The van der Waals surface area contributed by atoms with Crippen LogP contribution < -0.4 is 10.5 Å². The third-order valence-electron chi connectivity index (χ3n) is 6.41. The van der Waals surface area contributed by atoms with Gasteiger partial charge in [0, 0.05) is 13.6 Å². The molecule has 1 unspecified atom stereocenters. The van der Waals surface area contributed by atoms with Crippen molar-refractivity contribution in [1.82, 2.24) is 15.1 Å². The number of carbonyl (C=O) groups is 4. The van der Waals surface area contributed by atoms with E-state index in [1.165, 1.54) is 24.0 Å². The standard InChI is InChI=1S/C22H30N4O7S/c1-15(19(28)24-13-10-16-6-8-17(9-7-16)34(23,31)32)33-18(27)14-26-20(29)22(25(2)21(26)30)11-4-3-5-12-22/h6-9,15H,3-5,10-14H2,1-2H3,(H,24,28)(H2,23,31,32). The van der Waals surface area contributed by atoms with Crippen molar-refractivity contribution in [3.63, 3.8) is 0 Å². The minimum atomic E-state index is -3.77. The molecule has 1 saturated heterocycles. The van der Waals surface area contributed by atoms with Crippen LogP contribution in [-0.2, 0) is 35.6 Å². The van der Waals surface area contributed by atoms with Gasteiger partial charge in [-0.2, -0.15) is 0 Å². The molecule has 1 heterocycles. The summed E-state index contributed by atoms with van der Waals surface area (Å²) in [5, 5.41) is 7.69. The molecule has 11 nitrogen and oxygen atoms in total. The van der Waals surface area contributed by atoms with Gasteiger partial charge in [0.1, 0.15) is 12.1 Å². The van der Waals surface area contributed by atoms with Crippen molar-refractivity contribution in [3.8, 4) is 0 Å². The zero-order chi connectivity index (χ0) is 25.1. The maximum atomic E-state index is 12.9. The fraction of sp³-hybridized carbons (Fsp3) is 0.545. The number of nitrogens with zero attached hydrogens (tertiary/aromatic N) is 2. The monoisotopic (exact) mass is 494 g/mol. The highest BCUT2D eigenvalue weighted by molar-refractivity contribution is 7.89. The van der Waals surface area contributed by atoms with E-state index >= 15 is 0 Å². The average Bonchev–Trinajstić information content (AvgIpc) is 2.95. The Balaban J connectivity index is 1.47. The van der Waals surface area contributed by atoms with E-state index in [0.29, 0.717) is 19.3 Å². The molecule has 1 aromatic rings. The van der Waals surface area contributed by atoms with Crippen molar-refractivity contribution >= 4 is 33.8 Å². The fourth-order valence-corrected chi connectivity index (χ4v) is 4.92. The Bertz CT molecular complexity index is 1070. The quantitative estimate of drug-likeness (QED) is 0.394. The molecule has 1 aliphatic carbocycles. The number of sulfonamides is 1. The van der Waals surface area contributed by atoms with Gasteiger partial charge in [-0.05, 0) is 43.9 Å². The summed E-state index contributed by atoms with van der Waals surface area (Å²) < 4.78 is 27.7. The summed E-state index contributed by atoms with van der Waals surface area (Å²) in [5.74, 6) is -1.76.